The number of aliphatic hydroxyl groups excluding tert-OH is 1. The van der Waals surface area contributed by atoms with Gasteiger partial charge in [-0.2, -0.15) is 0 Å². The van der Waals surface area contributed by atoms with E-state index >= 15 is 0 Å². The molecule has 0 bridgehead atoms. The van der Waals surface area contributed by atoms with Crippen LogP contribution in [0.2, 0.25) is 0 Å². The van der Waals surface area contributed by atoms with E-state index in [1.54, 1.807) is 12.1 Å². The van der Waals surface area contributed by atoms with Crippen molar-refractivity contribution >= 4 is 44.3 Å². The minimum atomic E-state index is -0.777. The van der Waals surface area contributed by atoms with Crippen LogP contribution in [0.3, 0.4) is 0 Å². The van der Waals surface area contributed by atoms with Crippen LogP contribution in [0.5, 0.6) is 0 Å². The molecule has 1 N–H and O–H groups in total. The Morgan fingerprint density at radius 1 is 1.10 bits per heavy atom. The molecular weight excluding hydrogens is 443 g/mol. The van der Waals surface area contributed by atoms with Crippen molar-refractivity contribution in [3.63, 3.8) is 0 Å². The summed E-state index contributed by atoms with van der Waals surface area (Å²) in [6, 6.07) is 16.7. The number of aliphatic hydroxyl groups is 1. The summed E-state index contributed by atoms with van der Waals surface area (Å²) in [7, 11) is 0. The Bertz CT molecular complexity index is 583. The normalized spacial score (nSPS) is 13.7. The summed E-state index contributed by atoms with van der Waals surface area (Å²) in [4.78, 5) is 12.6. The first kappa shape index (κ1) is 16.6. The molecule has 0 fully saturated rings. The van der Waals surface area contributed by atoms with E-state index in [0.717, 1.165) is 14.5 Å². The number of alkyl halides is 1. The molecule has 2 nitrogen and oxygen atoms in total. The highest BCUT2D eigenvalue weighted by molar-refractivity contribution is 14.1. The van der Waals surface area contributed by atoms with E-state index in [4.69, 9.17) is 0 Å². The van der Waals surface area contributed by atoms with Crippen LogP contribution in [0.15, 0.2) is 59.1 Å². The molecule has 0 aliphatic heterocycles. The number of carbonyl (C=O) groups excluding carboxylic acids is 1. The molecule has 0 saturated carbocycles. The van der Waals surface area contributed by atoms with Gasteiger partial charge in [0.25, 0.3) is 0 Å². The minimum absolute atomic E-state index is 0.00249. The van der Waals surface area contributed by atoms with Gasteiger partial charge < -0.3 is 5.11 Å². The molecule has 0 unspecified atom stereocenters. The van der Waals surface area contributed by atoms with Gasteiger partial charge in [0.2, 0.25) is 0 Å². The summed E-state index contributed by atoms with van der Waals surface area (Å²) in [5.41, 5.74) is 1.43. The summed E-state index contributed by atoms with van der Waals surface area (Å²) in [6.45, 7) is 0. The average Bonchev–Trinajstić information content (AvgIpc) is 2.53. The lowest BCUT2D eigenvalue weighted by Gasteiger charge is -2.21. The lowest BCUT2D eigenvalue weighted by Crippen LogP contribution is -2.23. The molecule has 0 aliphatic carbocycles. The number of halogens is 2. The van der Waals surface area contributed by atoms with E-state index in [2.05, 4.69) is 38.5 Å². The van der Waals surface area contributed by atoms with Crippen LogP contribution in [-0.2, 0) is 0 Å². The maximum atomic E-state index is 12.6. The predicted molar refractivity (Wildman–Crippen MR) is 96.9 cm³/mol. The van der Waals surface area contributed by atoms with Gasteiger partial charge in [-0.3, -0.25) is 4.79 Å². The van der Waals surface area contributed by atoms with Gasteiger partial charge in [0.1, 0.15) is 0 Å². The maximum absolute atomic E-state index is 12.6. The molecule has 0 amide bonds. The van der Waals surface area contributed by atoms with Gasteiger partial charge in [0.15, 0.2) is 5.78 Å². The van der Waals surface area contributed by atoms with Crippen molar-refractivity contribution in [1.29, 1.82) is 0 Å². The van der Waals surface area contributed by atoms with Crippen molar-refractivity contribution in [2.24, 2.45) is 5.92 Å². The van der Waals surface area contributed by atoms with Crippen LogP contribution in [0.1, 0.15) is 28.4 Å². The van der Waals surface area contributed by atoms with Crippen LogP contribution < -0.4 is 0 Å². The molecule has 2 aromatic rings. The summed E-state index contributed by atoms with van der Waals surface area (Å²) in [5, 5.41) is 10.6. The molecule has 110 valence electrons. The Labute approximate surface area is 146 Å². The fourth-order valence-electron chi connectivity index (χ4n) is 2.26. The van der Waals surface area contributed by atoms with Crippen LogP contribution in [0.25, 0.3) is 0 Å². The van der Waals surface area contributed by atoms with Gasteiger partial charge in [-0.25, -0.2) is 0 Å². The SMILES string of the molecule is O=C(c1ccccc1)[C@@H](CCI)[C@@H](O)c1ccc(Br)cc1. The molecule has 2 aromatic carbocycles. The molecule has 2 rings (SSSR count). The molecule has 0 saturated heterocycles. The summed E-state index contributed by atoms with van der Waals surface area (Å²) >= 11 is 5.62. The summed E-state index contributed by atoms with van der Waals surface area (Å²) in [5.74, 6) is -0.409. The van der Waals surface area contributed by atoms with Gasteiger partial charge in [-0.05, 0) is 24.1 Å². The first-order valence-corrected chi connectivity index (χ1v) is 9.04. The van der Waals surface area contributed by atoms with E-state index in [1.807, 2.05) is 42.5 Å². The second-order valence-corrected chi connectivity index (χ2v) is 6.81. The quantitative estimate of drug-likeness (QED) is 0.383. The van der Waals surface area contributed by atoms with Crippen molar-refractivity contribution in [2.75, 3.05) is 4.43 Å². The number of Topliss-reactive ketones (excluding diaryl/α,β-unsaturated/α-hetero) is 1. The lowest BCUT2D eigenvalue weighted by molar-refractivity contribution is 0.0671. The number of ketones is 1. The van der Waals surface area contributed by atoms with Crippen molar-refractivity contribution in [3.05, 3.63) is 70.2 Å². The predicted octanol–water partition coefficient (Wildman–Crippen LogP) is 4.81. The van der Waals surface area contributed by atoms with E-state index < -0.39 is 12.0 Å². The van der Waals surface area contributed by atoms with Crippen LogP contribution in [-0.4, -0.2) is 15.3 Å². The second kappa shape index (κ2) is 8.06. The van der Waals surface area contributed by atoms with Crippen LogP contribution >= 0.6 is 38.5 Å². The van der Waals surface area contributed by atoms with Crippen LogP contribution in [0, 0.1) is 5.92 Å². The van der Waals surface area contributed by atoms with E-state index in [1.165, 1.54) is 0 Å². The largest absolute Gasteiger partial charge is 0.388 e. The monoisotopic (exact) mass is 458 g/mol. The highest BCUT2D eigenvalue weighted by atomic mass is 127. The lowest BCUT2D eigenvalue weighted by atomic mass is 9.87. The minimum Gasteiger partial charge on any atom is -0.388 e. The van der Waals surface area contributed by atoms with Crippen LogP contribution in [0.4, 0.5) is 0 Å². The first-order valence-electron chi connectivity index (χ1n) is 6.72. The molecule has 4 heteroatoms. The molecule has 21 heavy (non-hydrogen) atoms. The topological polar surface area (TPSA) is 37.3 Å². The van der Waals surface area contributed by atoms with Crippen molar-refractivity contribution in [3.8, 4) is 0 Å². The summed E-state index contributed by atoms with van der Waals surface area (Å²) in [6.07, 6.45) is -0.119. The van der Waals surface area contributed by atoms with Gasteiger partial charge in [0, 0.05) is 14.5 Å². The van der Waals surface area contributed by atoms with Gasteiger partial charge in [-0.15, -0.1) is 0 Å². The maximum Gasteiger partial charge on any atom is 0.168 e. The number of carbonyl (C=O) groups is 1. The van der Waals surface area contributed by atoms with E-state index in [9.17, 15) is 9.90 Å². The van der Waals surface area contributed by atoms with E-state index in [0.29, 0.717) is 12.0 Å². The zero-order chi connectivity index (χ0) is 15.2. The molecule has 0 radical (unpaired) electrons. The fraction of sp³-hybridized carbons (Fsp3) is 0.235. The van der Waals surface area contributed by atoms with Gasteiger partial charge >= 0.3 is 0 Å². The molecule has 2 atom stereocenters. The van der Waals surface area contributed by atoms with Crippen molar-refractivity contribution in [1.82, 2.24) is 0 Å². The smallest absolute Gasteiger partial charge is 0.168 e. The molecular formula is C17H16BrIO2. The third-order valence-corrected chi connectivity index (χ3v) is 4.56. The highest BCUT2D eigenvalue weighted by Crippen LogP contribution is 2.29. The highest BCUT2D eigenvalue weighted by Gasteiger charge is 2.28. The number of benzene rings is 2. The average molecular weight is 459 g/mol. The first-order chi connectivity index (χ1) is 10.1. The standard InChI is InChI=1S/C17H16BrIO2/c18-14-8-6-13(7-9-14)17(21)15(10-11-19)16(20)12-4-2-1-3-5-12/h1-9,15,17,21H,10-11H2/t15-,17+/m1/s1. The number of rotatable bonds is 6. The molecule has 0 aliphatic rings. The Morgan fingerprint density at radius 3 is 2.29 bits per heavy atom. The molecule has 0 spiro atoms. The Balaban J connectivity index is 2.25. The van der Waals surface area contributed by atoms with E-state index in [-0.39, 0.29) is 5.78 Å². The Kier molecular flexibility index (Phi) is 6.39. The van der Waals surface area contributed by atoms with Crippen molar-refractivity contribution < 1.29 is 9.90 Å². The summed E-state index contributed by atoms with van der Waals surface area (Å²) < 4.78 is 1.78. The zero-order valence-corrected chi connectivity index (χ0v) is 15.1. The van der Waals surface area contributed by atoms with Crippen molar-refractivity contribution in [2.45, 2.75) is 12.5 Å². The molecule has 0 heterocycles. The second-order valence-electron chi connectivity index (χ2n) is 4.81. The third-order valence-electron chi connectivity index (χ3n) is 3.41. The molecule has 0 aromatic heterocycles. The number of hydrogen-bond acceptors (Lipinski definition) is 2. The number of hydrogen-bond donors (Lipinski definition) is 1. The Hall–Kier alpha value is -0.720. The van der Waals surface area contributed by atoms with Gasteiger partial charge in [-0.1, -0.05) is 81.0 Å². The zero-order valence-electron chi connectivity index (χ0n) is 11.4. The third kappa shape index (κ3) is 4.37. The fourth-order valence-corrected chi connectivity index (χ4v) is 3.19. The Morgan fingerprint density at radius 2 is 1.71 bits per heavy atom. The van der Waals surface area contributed by atoms with Gasteiger partial charge in [0.05, 0.1) is 12.0 Å².